The molecule has 3 saturated carbocycles. The van der Waals surface area contributed by atoms with Crippen LogP contribution in [0.25, 0.3) is 0 Å². The lowest BCUT2D eigenvalue weighted by Crippen LogP contribution is -2.78. The number of carbonyl (C=O) groups excluding carboxylic acids is 2. The van der Waals surface area contributed by atoms with Gasteiger partial charge in [-0.3, -0.25) is 9.59 Å². The highest BCUT2D eigenvalue weighted by atomic mass is 16.5. The minimum absolute atomic E-state index is 0.00583. The number of fused-ring (bicyclic) bond motifs is 5. The molecule has 3 fully saturated rings. The van der Waals surface area contributed by atoms with Crippen LogP contribution >= 0.6 is 0 Å². The van der Waals surface area contributed by atoms with Crippen molar-refractivity contribution < 1.29 is 34.8 Å². The van der Waals surface area contributed by atoms with Crippen molar-refractivity contribution in [2.24, 2.45) is 16.7 Å². The van der Waals surface area contributed by atoms with Gasteiger partial charge in [0.05, 0.1) is 11.5 Å². The number of hydrogen-bond acceptors (Lipinski definition) is 7. The van der Waals surface area contributed by atoms with E-state index in [9.17, 15) is 30.0 Å². The van der Waals surface area contributed by atoms with Crippen LogP contribution in [0.1, 0.15) is 72.6 Å². The minimum atomic E-state index is -1.91. The van der Waals surface area contributed by atoms with E-state index in [1.165, 1.54) is 13.8 Å². The Kier molecular flexibility index (Phi) is 4.66. The normalized spacial score (nSPS) is 52.5. The molecule has 168 valence electrons. The summed E-state index contributed by atoms with van der Waals surface area (Å²) in [5.74, 6) is -1.49. The van der Waals surface area contributed by atoms with E-state index in [0.717, 1.165) is 5.57 Å². The van der Waals surface area contributed by atoms with Gasteiger partial charge in [-0.1, -0.05) is 18.6 Å². The molecular weight excluding hydrogens is 388 g/mol. The molecule has 4 N–H and O–H groups in total. The van der Waals surface area contributed by atoms with E-state index in [4.69, 9.17) is 4.74 Å². The number of aliphatic hydroxyl groups is 4. The molecule has 4 aliphatic rings. The van der Waals surface area contributed by atoms with Crippen molar-refractivity contribution in [2.45, 2.75) is 102 Å². The van der Waals surface area contributed by atoms with Crippen molar-refractivity contribution in [1.82, 2.24) is 0 Å². The summed E-state index contributed by atoms with van der Waals surface area (Å²) in [5, 5.41) is 45.8. The number of rotatable bonds is 2. The van der Waals surface area contributed by atoms with Crippen LogP contribution in [0.2, 0.25) is 0 Å². The van der Waals surface area contributed by atoms with Gasteiger partial charge in [-0.05, 0) is 64.2 Å². The summed E-state index contributed by atoms with van der Waals surface area (Å²) in [6.45, 7) is 6.18. The van der Waals surface area contributed by atoms with Gasteiger partial charge in [0.2, 0.25) is 0 Å². The Morgan fingerprint density at radius 1 is 1.10 bits per heavy atom. The molecule has 0 aromatic heterocycles. The molecule has 8 atom stereocenters. The minimum Gasteiger partial charge on any atom is -0.462 e. The molecule has 4 aliphatic carbocycles. The second kappa shape index (κ2) is 6.37. The molecule has 0 saturated heterocycles. The highest BCUT2D eigenvalue weighted by Crippen LogP contribution is 2.70. The smallest absolute Gasteiger partial charge is 0.302 e. The average molecular weight is 423 g/mol. The van der Waals surface area contributed by atoms with E-state index in [1.54, 1.807) is 6.92 Å². The van der Waals surface area contributed by atoms with Gasteiger partial charge in [0, 0.05) is 12.8 Å². The van der Waals surface area contributed by atoms with Crippen molar-refractivity contribution in [3.63, 3.8) is 0 Å². The molecule has 4 rings (SSSR count). The van der Waals surface area contributed by atoms with Gasteiger partial charge in [0.1, 0.15) is 22.9 Å². The van der Waals surface area contributed by atoms with E-state index in [0.29, 0.717) is 19.3 Å². The summed E-state index contributed by atoms with van der Waals surface area (Å²) < 4.78 is 5.67. The Hall–Kier alpha value is -1.28. The van der Waals surface area contributed by atoms with Crippen LogP contribution in [0, 0.1) is 16.7 Å². The lowest BCUT2D eigenvalue weighted by atomic mass is 9.42. The molecule has 0 aromatic carbocycles. The second-order valence-electron chi connectivity index (χ2n) is 10.5. The second-order valence-corrected chi connectivity index (χ2v) is 10.5. The Morgan fingerprint density at radius 3 is 2.37 bits per heavy atom. The van der Waals surface area contributed by atoms with E-state index in [-0.39, 0.29) is 25.7 Å². The van der Waals surface area contributed by atoms with Gasteiger partial charge < -0.3 is 25.2 Å². The first-order chi connectivity index (χ1) is 13.8. The van der Waals surface area contributed by atoms with E-state index >= 15 is 0 Å². The predicted octanol–water partition coefficient (Wildman–Crippen LogP) is 1.40. The lowest BCUT2D eigenvalue weighted by molar-refractivity contribution is -0.314. The summed E-state index contributed by atoms with van der Waals surface area (Å²) in [5.41, 5.74) is -6.26. The zero-order chi connectivity index (χ0) is 22.3. The monoisotopic (exact) mass is 422 g/mol. The van der Waals surface area contributed by atoms with Crippen LogP contribution in [-0.4, -0.2) is 61.2 Å². The third-order valence-corrected chi connectivity index (χ3v) is 9.46. The van der Waals surface area contributed by atoms with Crippen LogP contribution in [0.5, 0.6) is 0 Å². The Bertz CT molecular complexity index is 822. The number of aliphatic hydroxyl groups excluding tert-OH is 1. The zero-order valence-electron chi connectivity index (χ0n) is 18.3. The number of carbonyl (C=O) groups is 2. The first kappa shape index (κ1) is 21.9. The fourth-order valence-corrected chi connectivity index (χ4v) is 7.57. The Balaban J connectivity index is 1.91. The SMILES string of the molecule is CC(=O)O[C@@H]1C[C@H]2[C@@]3(C)CC[C@H](O)CC3=CC[C@@]2(O)[C@@]2(O)CC[C@@](O)(C(C)=O)[C@@]12C. The molecule has 0 heterocycles. The van der Waals surface area contributed by atoms with Crippen LogP contribution in [0.3, 0.4) is 0 Å². The molecule has 7 nitrogen and oxygen atoms in total. The molecule has 0 bridgehead atoms. The molecule has 0 aromatic rings. The standard InChI is InChI=1S/C23H34O7/c1-13(24)21(27)9-10-23(29)20(21,4)18(30-14(2)25)12-17-19(3)7-6-16(26)11-15(19)5-8-22(17,23)28/h5,16-18,26-29H,6-12H2,1-4H3/t16-,17-,18+,19-,20+,21+,22-,23+/m0/s1. The van der Waals surface area contributed by atoms with Crippen molar-refractivity contribution in [2.75, 3.05) is 0 Å². The molecule has 0 unspecified atom stereocenters. The summed E-state index contributed by atoms with van der Waals surface area (Å²) in [7, 11) is 0. The number of hydrogen-bond donors (Lipinski definition) is 4. The largest absolute Gasteiger partial charge is 0.462 e. The van der Waals surface area contributed by atoms with Crippen LogP contribution in [0.15, 0.2) is 11.6 Å². The van der Waals surface area contributed by atoms with Crippen molar-refractivity contribution in [1.29, 1.82) is 0 Å². The quantitative estimate of drug-likeness (QED) is 0.392. The van der Waals surface area contributed by atoms with Gasteiger partial charge >= 0.3 is 5.97 Å². The maximum absolute atomic E-state index is 12.6. The molecular formula is C23H34O7. The van der Waals surface area contributed by atoms with Crippen molar-refractivity contribution in [3.05, 3.63) is 11.6 Å². The molecule has 0 aliphatic heterocycles. The van der Waals surface area contributed by atoms with Crippen LogP contribution in [0.4, 0.5) is 0 Å². The topological polar surface area (TPSA) is 124 Å². The summed E-state index contributed by atoms with van der Waals surface area (Å²) in [6.07, 6.45) is 2.76. The third-order valence-electron chi connectivity index (χ3n) is 9.46. The maximum atomic E-state index is 12.6. The summed E-state index contributed by atoms with van der Waals surface area (Å²) in [6, 6.07) is 0. The van der Waals surface area contributed by atoms with E-state index < -0.39 is 57.5 Å². The van der Waals surface area contributed by atoms with Crippen LogP contribution < -0.4 is 0 Å². The van der Waals surface area contributed by atoms with Gasteiger partial charge in [-0.25, -0.2) is 0 Å². The van der Waals surface area contributed by atoms with Crippen LogP contribution in [-0.2, 0) is 14.3 Å². The maximum Gasteiger partial charge on any atom is 0.302 e. The fourth-order valence-electron chi connectivity index (χ4n) is 7.57. The highest BCUT2D eigenvalue weighted by Gasteiger charge is 2.81. The molecule has 7 heteroatoms. The summed E-state index contributed by atoms with van der Waals surface area (Å²) in [4.78, 5) is 24.6. The molecule has 0 radical (unpaired) electrons. The first-order valence-corrected chi connectivity index (χ1v) is 11.0. The van der Waals surface area contributed by atoms with Crippen molar-refractivity contribution in [3.8, 4) is 0 Å². The lowest BCUT2D eigenvalue weighted by Gasteiger charge is -2.67. The van der Waals surface area contributed by atoms with E-state index in [1.807, 2.05) is 13.0 Å². The van der Waals surface area contributed by atoms with E-state index in [2.05, 4.69) is 0 Å². The van der Waals surface area contributed by atoms with Gasteiger partial charge in [-0.2, -0.15) is 0 Å². The third kappa shape index (κ3) is 2.35. The van der Waals surface area contributed by atoms with Gasteiger partial charge in [0.15, 0.2) is 5.78 Å². The fraction of sp³-hybridized carbons (Fsp3) is 0.826. The number of Topliss-reactive ketones (excluding diaryl/α,β-unsaturated/α-hetero) is 1. The molecule has 0 amide bonds. The van der Waals surface area contributed by atoms with Gasteiger partial charge in [-0.15, -0.1) is 0 Å². The number of ether oxygens (including phenoxy) is 1. The first-order valence-electron chi connectivity index (χ1n) is 11.0. The van der Waals surface area contributed by atoms with Gasteiger partial charge in [0.25, 0.3) is 0 Å². The highest BCUT2D eigenvalue weighted by molar-refractivity contribution is 5.87. The molecule has 0 spiro atoms. The van der Waals surface area contributed by atoms with Crippen molar-refractivity contribution >= 4 is 11.8 Å². The number of esters is 1. The molecule has 30 heavy (non-hydrogen) atoms. The average Bonchev–Trinajstić information content (AvgIpc) is 2.88. The Morgan fingerprint density at radius 2 is 1.77 bits per heavy atom. The summed E-state index contributed by atoms with van der Waals surface area (Å²) >= 11 is 0. The Labute approximate surface area is 177 Å². The zero-order valence-corrected chi connectivity index (χ0v) is 18.3. The number of ketones is 1. The predicted molar refractivity (Wildman–Crippen MR) is 107 cm³/mol.